The summed E-state index contributed by atoms with van der Waals surface area (Å²) in [4.78, 5) is 0. The van der Waals surface area contributed by atoms with E-state index in [9.17, 15) is 8.78 Å². The van der Waals surface area contributed by atoms with Gasteiger partial charge in [-0.1, -0.05) is 18.2 Å². The summed E-state index contributed by atoms with van der Waals surface area (Å²) < 4.78 is 37.8. The Balaban J connectivity index is 2.38. The number of hydrogen-bond acceptors (Lipinski definition) is 3. The van der Waals surface area contributed by atoms with Gasteiger partial charge >= 0.3 is 0 Å². The minimum atomic E-state index is -0.655. The third-order valence-corrected chi connectivity index (χ3v) is 3.07. The molecular formula is C16H17F2NO2. The quantitative estimate of drug-likeness (QED) is 0.918. The van der Waals surface area contributed by atoms with E-state index in [2.05, 4.69) is 0 Å². The van der Waals surface area contributed by atoms with Crippen molar-refractivity contribution in [1.29, 1.82) is 0 Å². The van der Waals surface area contributed by atoms with Gasteiger partial charge in [0.2, 0.25) is 0 Å². The van der Waals surface area contributed by atoms with Crippen molar-refractivity contribution in [2.45, 2.75) is 19.1 Å². The summed E-state index contributed by atoms with van der Waals surface area (Å²) in [5.41, 5.74) is 6.61. The van der Waals surface area contributed by atoms with Gasteiger partial charge in [-0.2, -0.15) is 0 Å². The van der Waals surface area contributed by atoms with Gasteiger partial charge in [0.25, 0.3) is 0 Å². The number of methoxy groups -OCH3 is 1. The smallest absolute Gasteiger partial charge is 0.165 e. The van der Waals surface area contributed by atoms with E-state index >= 15 is 0 Å². The van der Waals surface area contributed by atoms with Gasteiger partial charge in [0, 0.05) is 17.7 Å². The van der Waals surface area contributed by atoms with Crippen LogP contribution in [0.25, 0.3) is 0 Å². The first kappa shape index (κ1) is 15.3. The minimum absolute atomic E-state index is 0.178. The highest BCUT2D eigenvalue weighted by Crippen LogP contribution is 2.32. The van der Waals surface area contributed by atoms with Crippen LogP contribution in [0.4, 0.5) is 8.78 Å². The second-order valence-corrected chi connectivity index (χ2v) is 4.71. The van der Waals surface area contributed by atoms with E-state index < -0.39 is 23.8 Å². The molecule has 3 nitrogen and oxygen atoms in total. The monoisotopic (exact) mass is 293 g/mol. The zero-order valence-electron chi connectivity index (χ0n) is 11.8. The van der Waals surface area contributed by atoms with Crippen LogP contribution in [-0.2, 0) is 0 Å². The Hall–Kier alpha value is -2.14. The van der Waals surface area contributed by atoms with Gasteiger partial charge in [0.05, 0.1) is 7.11 Å². The third-order valence-electron chi connectivity index (χ3n) is 3.07. The van der Waals surface area contributed by atoms with Crippen molar-refractivity contribution in [3.05, 3.63) is 59.7 Å². The Kier molecular flexibility index (Phi) is 4.75. The standard InChI is InChI=1S/C16H17F2NO2/c1-10(19)16(12-5-3-4-6-14(12)20-2)21-15-9-11(17)7-8-13(15)18/h3-10,16H,19H2,1-2H3. The Bertz CT molecular complexity index is 617. The van der Waals surface area contributed by atoms with Crippen molar-refractivity contribution in [2.75, 3.05) is 7.11 Å². The fourth-order valence-electron chi connectivity index (χ4n) is 2.06. The molecule has 2 aromatic carbocycles. The fourth-order valence-corrected chi connectivity index (χ4v) is 2.06. The molecule has 0 saturated heterocycles. The topological polar surface area (TPSA) is 44.5 Å². The molecule has 2 aromatic rings. The van der Waals surface area contributed by atoms with Crippen LogP contribution in [-0.4, -0.2) is 13.2 Å². The molecule has 0 radical (unpaired) electrons. The Morgan fingerprint density at radius 1 is 1.05 bits per heavy atom. The van der Waals surface area contributed by atoms with Crippen molar-refractivity contribution in [3.63, 3.8) is 0 Å². The maximum atomic E-state index is 13.7. The van der Waals surface area contributed by atoms with Crippen LogP contribution in [0.1, 0.15) is 18.6 Å². The Labute approximate surface area is 122 Å². The van der Waals surface area contributed by atoms with Gasteiger partial charge < -0.3 is 15.2 Å². The summed E-state index contributed by atoms with van der Waals surface area (Å²) in [5.74, 6) is -0.813. The number of nitrogens with two attached hydrogens (primary N) is 1. The molecule has 0 bridgehead atoms. The molecule has 5 heteroatoms. The zero-order valence-corrected chi connectivity index (χ0v) is 11.8. The van der Waals surface area contributed by atoms with E-state index in [0.717, 1.165) is 18.2 Å². The van der Waals surface area contributed by atoms with Gasteiger partial charge in [-0.15, -0.1) is 0 Å². The lowest BCUT2D eigenvalue weighted by molar-refractivity contribution is 0.168. The highest BCUT2D eigenvalue weighted by atomic mass is 19.1. The largest absolute Gasteiger partial charge is 0.496 e. The molecule has 0 spiro atoms. The first-order valence-electron chi connectivity index (χ1n) is 6.53. The summed E-state index contributed by atoms with van der Waals surface area (Å²) in [5, 5.41) is 0. The van der Waals surface area contributed by atoms with Crippen LogP contribution in [0.15, 0.2) is 42.5 Å². The molecule has 0 aliphatic carbocycles. The lowest BCUT2D eigenvalue weighted by Crippen LogP contribution is -2.29. The van der Waals surface area contributed by atoms with E-state index in [1.807, 2.05) is 6.07 Å². The molecule has 0 fully saturated rings. The van der Waals surface area contributed by atoms with E-state index in [-0.39, 0.29) is 5.75 Å². The van der Waals surface area contributed by atoms with Crippen LogP contribution in [0.2, 0.25) is 0 Å². The predicted octanol–water partition coefficient (Wildman–Crippen LogP) is 3.44. The molecular weight excluding hydrogens is 276 g/mol. The van der Waals surface area contributed by atoms with Gasteiger partial charge in [-0.05, 0) is 25.1 Å². The van der Waals surface area contributed by atoms with Crippen molar-refractivity contribution in [2.24, 2.45) is 5.73 Å². The minimum Gasteiger partial charge on any atom is -0.496 e. The lowest BCUT2D eigenvalue weighted by atomic mass is 10.0. The first-order chi connectivity index (χ1) is 10.0. The van der Waals surface area contributed by atoms with E-state index in [1.54, 1.807) is 25.1 Å². The molecule has 0 aliphatic heterocycles. The number of halogens is 2. The van der Waals surface area contributed by atoms with Crippen LogP contribution in [0.5, 0.6) is 11.5 Å². The molecule has 21 heavy (non-hydrogen) atoms. The fraction of sp³-hybridized carbons (Fsp3) is 0.250. The number of ether oxygens (including phenoxy) is 2. The molecule has 0 heterocycles. The van der Waals surface area contributed by atoms with Gasteiger partial charge in [0.1, 0.15) is 17.7 Å². The molecule has 0 aromatic heterocycles. The third kappa shape index (κ3) is 3.49. The number of benzene rings is 2. The molecule has 0 saturated carbocycles. The molecule has 2 rings (SSSR count). The van der Waals surface area contributed by atoms with Crippen molar-refractivity contribution in [3.8, 4) is 11.5 Å². The second-order valence-electron chi connectivity index (χ2n) is 4.71. The maximum absolute atomic E-state index is 13.7. The SMILES string of the molecule is COc1ccccc1C(Oc1cc(F)ccc1F)C(C)N. The highest BCUT2D eigenvalue weighted by molar-refractivity contribution is 5.37. The van der Waals surface area contributed by atoms with E-state index in [0.29, 0.717) is 11.3 Å². The molecule has 0 amide bonds. The van der Waals surface area contributed by atoms with Crippen LogP contribution < -0.4 is 15.2 Å². The number of rotatable bonds is 5. The highest BCUT2D eigenvalue weighted by Gasteiger charge is 2.23. The van der Waals surface area contributed by atoms with Gasteiger partial charge in [-0.25, -0.2) is 8.78 Å². The van der Waals surface area contributed by atoms with Gasteiger partial charge in [-0.3, -0.25) is 0 Å². The van der Waals surface area contributed by atoms with Crippen molar-refractivity contribution in [1.82, 2.24) is 0 Å². The van der Waals surface area contributed by atoms with Crippen molar-refractivity contribution < 1.29 is 18.3 Å². The second kappa shape index (κ2) is 6.54. The van der Waals surface area contributed by atoms with E-state index in [1.165, 1.54) is 7.11 Å². The summed E-state index contributed by atoms with van der Waals surface area (Å²) in [6.07, 6.45) is -0.655. The molecule has 112 valence electrons. The first-order valence-corrected chi connectivity index (χ1v) is 6.53. The summed E-state index contributed by atoms with van der Waals surface area (Å²) in [7, 11) is 1.53. The number of para-hydroxylation sites is 1. The normalized spacial score (nSPS) is 13.6. The summed E-state index contributed by atoms with van der Waals surface area (Å²) >= 11 is 0. The van der Waals surface area contributed by atoms with Crippen LogP contribution in [0.3, 0.4) is 0 Å². The Morgan fingerprint density at radius 2 is 1.76 bits per heavy atom. The molecule has 2 unspecified atom stereocenters. The Morgan fingerprint density at radius 3 is 2.43 bits per heavy atom. The van der Waals surface area contributed by atoms with Crippen LogP contribution >= 0.6 is 0 Å². The summed E-state index contributed by atoms with van der Waals surface area (Å²) in [6.45, 7) is 1.73. The maximum Gasteiger partial charge on any atom is 0.165 e. The lowest BCUT2D eigenvalue weighted by Gasteiger charge is -2.24. The summed E-state index contributed by atoms with van der Waals surface area (Å²) in [6, 6.07) is 9.77. The predicted molar refractivity (Wildman–Crippen MR) is 76.4 cm³/mol. The van der Waals surface area contributed by atoms with E-state index in [4.69, 9.17) is 15.2 Å². The van der Waals surface area contributed by atoms with Crippen LogP contribution in [0, 0.1) is 11.6 Å². The number of hydrogen-bond donors (Lipinski definition) is 1. The van der Waals surface area contributed by atoms with Gasteiger partial charge in [0.15, 0.2) is 11.6 Å². The molecule has 2 atom stereocenters. The zero-order chi connectivity index (χ0) is 15.4. The molecule has 0 aliphatic rings. The molecule has 2 N–H and O–H groups in total. The average Bonchev–Trinajstić information content (AvgIpc) is 2.47. The average molecular weight is 293 g/mol. The van der Waals surface area contributed by atoms with Crippen molar-refractivity contribution >= 4 is 0 Å².